The molecule has 14 heavy (non-hydrogen) atoms. The van der Waals surface area contributed by atoms with E-state index < -0.39 is 23.6 Å². The van der Waals surface area contributed by atoms with Gasteiger partial charge >= 0.3 is 5.97 Å². The molecule has 0 saturated heterocycles. The molecule has 1 amide bonds. The Balaban J connectivity index is 4.14. The van der Waals surface area contributed by atoms with Gasteiger partial charge in [-0.3, -0.25) is 15.3 Å². The summed E-state index contributed by atoms with van der Waals surface area (Å²) >= 11 is 0. The summed E-state index contributed by atoms with van der Waals surface area (Å²) in [5, 5.41) is 0. The number of hydrogen-bond acceptors (Lipinski definition) is 5. The van der Waals surface area contributed by atoms with Crippen LogP contribution >= 0.6 is 0 Å². The highest BCUT2D eigenvalue weighted by atomic mass is 16.6. The third kappa shape index (κ3) is 4.78. The van der Waals surface area contributed by atoms with E-state index in [4.69, 9.17) is 21.9 Å². The lowest BCUT2D eigenvalue weighted by Gasteiger charge is -2.24. The number of carbonyl (C=O) groups excluding carboxylic acids is 2. The van der Waals surface area contributed by atoms with Crippen LogP contribution in [-0.2, 0) is 14.3 Å². The molecule has 0 rings (SSSR count). The van der Waals surface area contributed by atoms with E-state index >= 15 is 0 Å². The molecular weight excluding hydrogens is 186 g/mol. The highest BCUT2D eigenvalue weighted by Gasteiger charge is 2.25. The molecule has 6 heteroatoms. The summed E-state index contributed by atoms with van der Waals surface area (Å²) in [4.78, 5) is 21.7. The SMILES string of the molecule is CCC(C)(N)OC(=O)[C@@H](N)CC(N)=O. The summed E-state index contributed by atoms with van der Waals surface area (Å²) in [6.45, 7) is 3.33. The van der Waals surface area contributed by atoms with Crippen LogP contribution in [0.5, 0.6) is 0 Å². The van der Waals surface area contributed by atoms with Gasteiger partial charge in [0.2, 0.25) is 5.91 Å². The third-order valence-electron chi connectivity index (χ3n) is 1.76. The number of carbonyl (C=O) groups is 2. The van der Waals surface area contributed by atoms with Crippen LogP contribution in [0.1, 0.15) is 26.7 Å². The fraction of sp³-hybridized carbons (Fsp3) is 0.750. The highest BCUT2D eigenvalue weighted by molar-refractivity contribution is 5.84. The third-order valence-corrected chi connectivity index (χ3v) is 1.76. The Hall–Kier alpha value is -1.14. The van der Waals surface area contributed by atoms with Crippen LogP contribution in [0.15, 0.2) is 0 Å². The zero-order valence-electron chi connectivity index (χ0n) is 8.45. The first kappa shape index (κ1) is 12.9. The molecule has 0 aliphatic heterocycles. The molecular formula is C8H17N3O3. The molecule has 0 aromatic carbocycles. The summed E-state index contributed by atoms with van der Waals surface area (Å²) in [6.07, 6.45) is 0.223. The predicted molar refractivity (Wildman–Crippen MR) is 50.8 cm³/mol. The Bertz CT molecular complexity index is 228. The molecule has 0 fully saturated rings. The number of amides is 1. The first-order valence-electron chi connectivity index (χ1n) is 4.34. The monoisotopic (exact) mass is 203 g/mol. The lowest BCUT2D eigenvalue weighted by molar-refractivity contribution is -0.160. The minimum Gasteiger partial charge on any atom is -0.443 e. The smallest absolute Gasteiger partial charge is 0.325 e. The van der Waals surface area contributed by atoms with Crippen LogP contribution in [0.2, 0.25) is 0 Å². The fourth-order valence-electron chi connectivity index (χ4n) is 0.678. The average Bonchev–Trinajstić information content (AvgIpc) is 2.02. The van der Waals surface area contributed by atoms with E-state index in [0.717, 1.165) is 0 Å². The van der Waals surface area contributed by atoms with Crippen LogP contribution < -0.4 is 17.2 Å². The summed E-state index contributed by atoms with van der Waals surface area (Å²) in [6, 6.07) is -1.04. The van der Waals surface area contributed by atoms with Gasteiger partial charge in [-0.25, -0.2) is 0 Å². The van der Waals surface area contributed by atoms with Gasteiger partial charge in [-0.15, -0.1) is 0 Å². The number of primary amides is 1. The Morgan fingerprint density at radius 2 is 2.00 bits per heavy atom. The molecule has 0 saturated carbocycles. The molecule has 6 N–H and O–H groups in total. The second-order valence-electron chi connectivity index (χ2n) is 3.36. The molecule has 2 atom stereocenters. The van der Waals surface area contributed by atoms with Crippen LogP contribution in [0.25, 0.3) is 0 Å². The van der Waals surface area contributed by atoms with E-state index in [-0.39, 0.29) is 6.42 Å². The maximum Gasteiger partial charge on any atom is 0.325 e. The fourth-order valence-corrected chi connectivity index (χ4v) is 0.678. The lowest BCUT2D eigenvalue weighted by Crippen LogP contribution is -2.46. The Labute approximate surface area is 82.8 Å². The number of nitrogens with two attached hydrogens (primary N) is 3. The maximum absolute atomic E-state index is 11.2. The van der Waals surface area contributed by atoms with E-state index in [2.05, 4.69) is 0 Å². The molecule has 6 nitrogen and oxygen atoms in total. The lowest BCUT2D eigenvalue weighted by atomic mass is 10.2. The first-order valence-corrected chi connectivity index (χ1v) is 4.34. The normalized spacial score (nSPS) is 16.9. The van der Waals surface area contributed by atoms with Gasteiger partial charge in [-0.1, -0.05) is 6.92 Å². The number of hydrogen-bond donors (Lipinski definition) is 3. The van der Waals surface area contributed by atoms with Gasteiger partial charge in [0.25, 0.3) is 0 Å². The van der Waals surface area contributed by atoms with Gasteiger partial charge in [0.15, 0.2) is 5.72 Å². The van der Waals surface area contributed by atoms with E-state index in [1.807, 2.05) is 0 Å². The topological polar surface area (TPSA) is 121 Å². The Morgan fingerprint density at radius 3 is 2.36 bits per heavy atom. The molecule has 82 valence electrons. The van der Waals surface area contributed by atoms with Crippen molar-refractivity contribution < 1.29 is 14.3 Å². The van der Waals surface area contributed by atoms with Crippen molar-refractivity contribution in [2.24, 2.45) is 17.2 Å². The zero-order chi connectivity index (χ0) is 11.4. The maximum atomic E-state index is 11.2. The predicted octanol–water partition coefficient (Wildman–Crippen LogP) is -1.18. The summed E-state index contributed by atoms with van der Waals surface area (Å²) in [5.41, 5.74) is 14.7. The molecule has 0 aliphatic carbocycles. The van der Waals surface area contributed by atoms with Crippen molar-refractivity contribution in [3.63, 3.8) is 0 Å². The molecule has 0 aromatic rings. The quantitative estimate of drug-likeness (QED) is 0.383. The minimum absolute atomic E-state index is 0.237. The molecule has 0 radical (unpaired) electrons. The van der Waals surface area contributed by atoms with Gasteiger partial charge in [0, 0.05) is 0 Å². The second kappa shape index (κ2) is 4.92. The van der Waals surface area contributed by atoms with Gasteiger partial charge in [-0.2, -0.15) is 0 Å². The molecule has 0 bridgehead atoms. The van der Waals surface area contributed by atoms with Crippen molar-refractivity contribution in [3.05, 3.63) is 0 Å². The summed E-state index contributed by atoms with van der Waals surface area (Å²) in [7, 11) is 0. The Kier molecular flexibility index (Phi) is 4.52. The van der Waals surface area contributed by atoms with Crippen molar-refractivity contribution in [1.29, 1.82) is 0 Å². The van der Waals surface area contributed by atoms with Crippen LogP contribution in [0.4, 0.5) is 0 Å². The van der Waals surface area contributed by atoms with Crippen LogP contribution in [0.3, 0.4) is 0 Å². The molecule has 0 aromatic heterocycles. The van der Waals surface area contributed by atoms with Gasteiger partial charge in [0.1, 0.15) is 6.04 Å². The van der Waals surface area contributed by atoms with Crippen molar-refractivity contribution in [1.82, 2.24) is 0 Å². The van der Waals surface area contributed by atoms with Crippen LogP contribution in [-0.4, -0.2) is 23.6 Å². The van der Waals surface area contributed by atoms with E-state index in [9.17, 15) is 9.59 Å². The molecule has 0 spiro atoms. The standard InChI is InChI=1S/C8H17N3O3/c1-3-8(2,11)14-7(13)5(9)4-6(10)12/h5H,3-4,9,11H2,1-2H3,(H2,10,12)/t5-,8?/m0/s1. The largest absolute Gasteiger partial charge is 0.443 e. The summed E-state index contributed by atoms with van der Waals surface area (Å²) < 4.78 is 4.86. The van der Waals surface area contributed by atoms with Crippen molar-refractivity contribution >= 4 is 11.9 Å². The number of ether oxygens (including phenoxy) is 1. The van der Waals surface area contributed by atoms with Crippen molar-refractivity contribution in [3.8, 4) is 0 Å². The van der Waals surface area contributed by atoms with E-state index in [1.54, 1.807) is 13.8 Å². The van der Waals surface area contributed by atoms with Gasteiger partial charge in [0.05, 0.1) is 6.42 Å². The summed E-state index contributed by atoms with van der Waals surface area (Å²) in [5.74, 6) is -1.36. The van der Waals surface area contributed by atoms with Gasteiger partial charge < -0.3 is 16.2 Å². The van der Waals surface area contributed by atoms with E-state index in [0.29, 0.717) is 6.42 Å². The molecule has 0 aliphatic rings. The van der Waals surface area contributed by atoms with Gasteiger partial charge in [-0.05, 0) is 13.3 Å². The van der Waals surface area contributed by atoms with Crippen LogP contribution in [0, 0.1) is 0 Å². The molecule has 0 heterocycles. The van der Waals surface area contributed by atoms with Crippen molar-refractivity contribution in [2.45, 2.75) is 38.5 Å². The number of esters is 1. The number of rotatable bonds is 5. The first-order chi connectivity index (χ1) is 6.28. The second-order valence-corrected chi connectivity index (χ2v) is 3.36. The Morgan fingerprint density at radius 1 is 1.50 bits per heavy atom. The average molecular weight is 203 g/mol. The highest BCUT2D eigenvalue weighted by Crippen LogP contribution is 2.08. The van der Waals surface area contributed by atoms with Crippen molar-refractivity contribution in [2.75, 3.05) is 0 Å². The minimum atomic E-state index is -1.05. The zero-order valence-corrected chi connectivity index (χ0v) is 8.45. The van der Waals surface area contributed by atoms with E-state index in [1.165, 1.54) is 0 Å². The molecule has 1 unspecified atom stereocenters.